The topological polar surface area (TPSA) is 44.1 Å². The molecule has 0 bridgehead atoms. The molecule has 0 fully saturated rings. The van der Waals surface area contributed by atoms with Gasteiger partial charge in [-0.3, -0.25) is 4.68 Å². The molecule has 0 aliphatic rings. The molecule has 1 aromatic heterocycles. The molecule has 0 saturated carbocycles. The molecule has 0 amide bonds. The first kappa shape index (κ1) is 16.4. The molecule has 22 heavy (non-hydrogen) atoms. The molecule has 2 rings (SSSR count). The Balaban J connectivity index is 2.35. The number of carbonyl (C=O) groups is 1. The van der Waals surface area contributed by atoms with Crippen molar-refractivity contribution in [2.75, 3.05) is 0 Å². The number of alkyl halides is 3. The summed E-state index contributed by atoms with van der Waals surface area (Å²) in [5, 5.41) is 4.05. The van der Waals surface area contributed by atoms with E-state index in [0.29, 0.717) is 5.02 Å². The van der Waals surface area contributed by atoms with E-state index in [1.165, 1.54) is 38.1 Å². The minimum Gasteiger partial charge on any atom is -0.423 e. The maximum absolute atomic E-state index is 13.2. The van der Waals surface area contributed by atoms with E-state index in [0.717, 1.165) is 10.9 Å². The molecule has 0 unspecified atom stereocenters. The van der Waals surface area contributed by atoms with Crippen LogP contribution in [0.3, 0.4) is 0 Å². The molecular formula is C14H12ClF3N2O2. The van der Waals surface area contributed by atoms with Crippen molar-refractivity contribution in [3.63, 3.8) is 0 Å². The highest BCUT2D eigenvalue weighted by atomic mass is 35.5. The molecule has 8 heteroatoms. The minimum absolute atomic E-state index is 0.0971. The van der Waals surface area contributed by atoms with Crippen molar-refractivity contribution in [3.8, 4) is 5.75 Å². The smallest absolute Gasteiger partial charge is 0.423 e. The molecular weight excluding hydrogens is 321 g/mol. The summed E-state index contributed by atoms with van der Waals surface area (Å²) in [6.07, 6.45) is -3.85. The number of hydrogen-bond donors (Lipinski definition) is 0. The summed E-state index contributed by atoms with van der Waals surface area (Å²) in [6, 6.07) is 5.16. The summed E-state index contributed by atoms with van der Waals surface area (Å²) in [4.78, 5) is 12.0. The average molecular weight is 333 g/mol. The average Bonchev–Trinajstić information content (AvgIpc) is 2.86. The summed E-state index contributed by atoms with van der Waals surface area (Å²) in [7, 11) is 0. The fourth-order valence-electron chi connectivity index (χ4n) is 1.85. The zero-order valence-electron chi connectivity index (χ0n) is 11.7. The van der Waals surface area contributed by atoms with Gasteiger partial charge in [-0.2, -0.15) is 18.3 Å². The van der Waals surface area contributed by atoms with Crippen LogP contribution in [0.15, 0.2) is 30.5 Å². The summed E-state index contributed by atoms with van der Waals surface area (Å²) in [6.45, 7) is 3.08. The second-order valence-electron chi connectivity index (χ2n) is 4.79. The predicted molar refractivity (Wildman–Crippen MR) is 74.0 cm³/mol. The van der Waals surface area contributed by atoms with E-state index >= 15 is 0 Å². The number of rotatable bonds is 3. The van der Waals surface area contributed by atoms with Gasteiger partial charge in [0, 0.05) is 11.1 Å². The van der Waals surface area contributed by atoms with Gasteiger partial charge in [0.05, 0.1) is 6.20 Å². The number of hydrogen-bond acceptors (Lipinski definition) is 3. The number of benzene rings is 1. The molecule has 0 atom stereocenters. The lowest BCUT2D eigenvalue weighted by atomic mass is 10.2. The molecule has 0 N–H and O–H groups in total. The van der Waals surface area contributed by atoms with Crippen molar-refractivity contribution in [1.82, 2.24) is 9.78 Å². The maximum atomic E-state index is 13.2. The monoisotopic (exact) mass is 332 g/mol. The summed E-state index contributed by atoms with van der Waals surface area (Å²) in [5.74, 6) is -1.03. The van der Waals surface area contributed by atoms with Gasteiger partial charge in [-0.1, -0.05) is 11.6 Å². The van der Waals surface area contributed by atoms with Gasteiger partial charge in [-0.25, -0.2) is 4.79 Å². The van der Waals surface area contributed by atoms with Crippen molar-refractivity contribution in [2.24, 2.45) is 0 Å². The number of aromatic nitrogens is 2. The van der Waals surface area contributed by atoms with E-state index in [9.17, 15) is 18.0 Å². The Kier molecular flexibility index (Phi) is 4.46. The van der Waals surface area contributed by atoms with Crippen LogP contribution >= 0.6 is 11.6 Å². The van der Waals surface area contributed by atoms with E-state index in [2.05, 4.69) is 5.10 Å². The van der Waals surface area contributed by atoms with E-state index in [1.54, 1.807) is 0 Å². The third kappa shape index (κ3) is 3.41. The largest absolute Gasteiger partial charge is 0.433 e. The number of ether oxygens (including phenoxy) is 1. The Morgan fingerprint density at radius 2 is 1.86 bits per heavy atom. The van der Waals surface area contributed by atoms with Gasteiger partial charge in [0.15, 0.2) is 5.69 Å². The van der Waals surface area contributed by atoms with Gasteiger partial charge >= 0.3 is 12.1 Å². The normalized spacial score (nSPS) is 11.8. The van der Waals surface area contributed by atoms with Crippen molar-refractivity contribution >= 4 is 17.6 Å². The van der Waals surface area contributed by atoms with Crippen LogP contribution in [0.1, 0.15) is 35.9 Å². The lowest BCUT2D eigenvalue weighted by Gasteiger charge is -2.14. The van der Waals surface area contributed by atoms with Crippen molar-refractivity contribution in [3.05, 3.63) is 46.7 Å². The Hall–Kier alpha value is -2.02. The number of esters is 1. The third-order valence-electron chi connectivity index (χ3n) is 2.80. The van der Waals surface area contributed by atoms with E-state index < -0.39 is 29.4 Å². The molecule has 1 heterocycles. The van der Waals surface area contributed by atoms with Crippen LogP contribution in [0.2, 0.25) is 5.02 Å². The highest BCUT2D eigenvalue weighted by Gasteiger charge is 2.41. The first-order valence-corrected chi connectivity index (χ1v) is 6.70. The van der Waals surface area contributed by atoms with Crippen LogP contribution in [0.5, 0.6) is 5.75 Å². The van der Waals surface area contributed by atoms with Crippen LogP contribution in [-0.2, 0) is 6.18 Å². The molecule has 0 radical (unpaired) electrons. The lowest BCUT2D eigenvalue weighted by molar-refractivity contribution is -0.145. The standard InChI is InChI=1S/C14H12ClF3N2O2/c1-8(2)20-12(14(16,17)18)11(7-19-20)13(21)22-10-5-3-9(15)4-6-10/h3-8H,1-2H3. The van der Waals surface area contributed by atoms with E-state index in [-0.39, 0.29) is 5.75 Å². The first-order valence-electron chi connectivity index (χ1n) is 6.32. The fourth-order valence-corrected chi connectivity index (χ4v) is 1.98. The van der Waals surface area contributed by atoms with E-state index in [1.807, 2.05) is 0 Å². The van der Waals surface area contributed by atoms with Crippen molar-refractivity contribution in [1.29, 1.82) is 0 Å². The molecule has 0 aliphatic heterocycles. The second-order valence-corrected chi connectivity index (χ2v) is 5.22. The van der Waals surface area contributed by atoms with Gasteiger partial charge in [0.2, 0.25) is 0 Å². The van der Waals surface area contributed by atoms with Crippen LogP contribution in [0.25, 0.3) is 0 Å². The maximum Gasteiger partial charge on any atom is 0.433 e. The molecule has 0 spiro atoms. The molecule has 1 aromatic carbocycles. The van der Waals surface area contributed by atoms with Gasteiger partial charge in [0.1, 0.15) is 11.3 Å². The zero-order chi connectivity index (χ0) is 16.5. The highest BCUT2D eigenvalue weighted by Crippen LogP contribution is 2.34. The first-order chi connectivity index (χ1) is 10.2. The third-order valence-corrected chi connectivity index (χ3v) is 3.05. The van der Waals surface area contributed by atoms with Gasteiger partial charge in [-0.15, -0.1) is 0 Å². The summed E-state index contributed by atoms with van der Waals surface area (Å²) >= 11 is 5.69. The van der Waals surface area contributed by atoms with E-state index in [4.69, 9.17) is 16.3 Å². The fraction of sp³-hybridized carbons (Fsp3) is 0.286. The van der Waals surface area contributed by atoms with Crippen LogP contribution in [0.4, 0.5) is 13.2 Å². The van der Waals surface area contributed by atoms with Crippen LogP contribution in [0, 0.1) is 0 Å². The number of halogens is 4. The highest BCUT2D eigenvalue weighted by molar-refractivity contribution is 6.30. The Morgan fingerprint density at radius 3 is 2.36 bits per heavy atom. The number of carbonyl (C=O) groups excluding carboxylic acids is 1. The lowest BCUT2D eigenvalue weighted by Crippen LogP contribution is -2.21. The molecule has 0 aliphatic carbocycles. The Labute approximate surface area is 129 Å². The Bertz CT molecular complexity index is 678. The quantitative estimate of drug-likeness (QED) is 0.620. The molecule has 4 nitrogen and oxygen atoms in total. The number of nitrogens with zero attached hydrogens (tertiary/aromatic N) is 2. The molecule has 118 valence electrons. The minimum atomic E-state index is -4.71. The molecule has 0 saturated heterocycles. The van der Waals surface area contributed by atoms with Crippen LogP contribution < -0.4 is 4.74 Å². The van der Waals surface area contributed by atoms with Gasteiger partial charge in [0.25, 0.3) is 0 Å². The zero-order valence-corrected chi connectivity index (χ0v) is 12.4. The van der Waals surface area contributed by atoms with Gasteiger partial charge < -0.3 is 4.74 Å². The second kappa shape index (κ2) is 6.00. The van der Waals surface area contributed by atoms with Crippen LogP contribution in [-0.4, -0.2) is 15.7 Å². The Morgan fingerprint density at radius 1 is 1.27 bits per heavy atom. The predicted octanol–water partition coefficient (Wildman–Crippen LogP) is 4.36. The van der Waals surface area contributed by atoms with Crippen molar-refractivity contribution < 1.29 is 22.7 Å². The van der Waals surface area contributed by atoms with Crippen molar-refractivity contribution in [2.45, 2.75) is 26.1 Å². The summed E-state index contributed by atoms with van der Waals surface area (Å²) < 4.78 is 45.2. The molecule has 2 aromatic rings. The summed E-state index contributed by atoms with van der Waals surface area (Å²) in [5.41, 5.74) is -1.75. The SMILES string of the molecule is CC(C)n1ncc(C(=O)Oc2ccc(Cl)cc2)c1C(F)(F)F. The van der Waals surface area contributed by atoms with Gasteiger partial charge in [-0.05, 0) is 38.1 Å².